The van der Waals surface area contributed by atoms with Gasteiger partial charge in [0.1, 0.15) is 11.4 Å². The topological polar surface area (TPSA) is 84.1 Å². The molecule has 30 heavy (non-hydrogen) atoms. The number of rotatable bonds is 7. The van der Waals surface area contributed by atoms with Gasteiger partial charge < -0.3 is 19.1 Å². The molecule has 2 N–H and O–H groups in total. The third-order valence-electron chi connectivity index (χ3n) is 4.31. The highest BCUT2D eigenvalue weighted by Crippen LogP contribution is 2.35. The summed E-state index contributed by atoms with van der Waals surface area (Å²) in [7, 11) is 0. The second kappa shape index (κ2) is 9.04. The van der Waals surface area contributed by atoms with Crippen LogP contribution in [0.4, 0.5) is 5.69 Å². The molecule has 9 heteroatoms. The van der Waals surface area contributed by atoms with E-state index >= 15 is 0 Å². The van der Waals surface area contributed by atoms with Gasteiger partial charge >= 0.3 is 0 Å². The number of amides is 1. The number of aromatic amines is 1. The van der Waals surface area contributed by atoms with Gasteiger partial charge in [-0.3, -0.25) is 4.79 Å². The molecule has 0 aliphatic rings. The Morgan fingerprint density at radius 3 is 2.50 bits per heavy atom. The maximum Gasteiger partial charge on any atom is 0.237 e. The third kappa shape index (κ3) is 4.43. The molecule has 0 radical (unpaired) electrons. The summed E-state index contributed by atoms with van der Waals surface area (Å²) in [5.41, 5.74) is 1.90. The van der Waals surface area contributed by atoms with Crippen LogP contribution in [0.2, 0.25) is 10.0 Å². The van der Waals surface area contributed by atoms with Crippen LogP contribution < -0.4 is 5.32 Å². The van der Waals surface area contributed by atoms with E-state index in [4.69, 9.17) is 32.0 Å². The van der Waals surface area contributed by atoms with Crippen LogP contribution in [0.25, 0.3) is 22.9 Å². The van der Waals surface area contributed by atoms with Crippen LogP contribution >= 0.6 is 35.0 Å². The van der Waals surface area contributed by atoms with Crippen molar-refractivity contribution in [1.29, 1.82) is 0 Å². The third-order valence-corrected chi connectivity index (χ3v) is 6.30. The zero-order valence-electron chi connectivity index (χ0n) is 15.8. The quantitative estimate of drug-likeness (QED) is 0.297. The number of thioether (sulfide) groups is 1. The van der Waals surface area contributed by atoms with E-state index in [1.54, 1.807) is 42.9 Å². The smallest absolute Gasteiger partial charge is 0.237 e. The maximum absolute atomic E-state index is 12.8. The lowest BCUT2D eigenvalue weighted by molar-refractivity contribution is -0.115. The van der Waals surface area contributed by atoms with Gasteiger partial charge in [0.15, 0.2) is 16.7 Å². The Morgan fingerprint density at radius 2 is 1.87 bits per heavy atom. The molecule has 154 valence electrons. The van der Waals surface area contributed by atoms with Gasteiger partial charge in [-0.05, 0) is 48.9 Å². The van der Waals surface area contributed by atoms with Crippen LogP contribution in [0.1, 0.15) is 13.3 Å². The van der Waals surface area contributed by atoms with Gasteiger partial charge in [-0.1, -0.05) is 41.9 Å². The summed E-state index contributed by atoms with van der Waals surface area (Å²) in [5, 5.41) is 3.90. The number of halogens is 2. The summed E-state index contributed by atoms with van der Waals surface area (Å²) in [4.78, 5) is 20.7. The molecule has 1 atom stereocenters. The minimum absolute atomic E-state index is 0.156. The predicted octanol–water partition coefficient (Wildman–Crippen LogP) is 6.75. The monoisotopic (exact) mass is 461 g/mol. The number of aromatic nitrogens is 2. The molecular formula is C21H17Cl2N3O3S. The highest BCUT2D eigenvalue weighted by atomic mass is 35.5. The number of nitrogens with zero attached hydrogens (tertiary/aromatic N) is 1. The van der Waals surface area contributed by atoms with Crippen molar-refractivity contribution in [1.82, 2.24) is 9.97 Å². The summed E-state index contributed by atoms with van der Waals surface area (Å²) in [6, 6.07) is 12.2. The first-order chi connectivity index (χ1) is 14.5. The summed E-state index contributed by atoms with van der Waals surface area (Å²) < 4.78 is 11.0. The van der Waals surface area contributed by atoms with Crippen molar-refractivity contribution < 1.29 is 13.6 Å². The zero-order chi connectivity index (χ0) is 21.1. The van der Waals surface area contributed by atoms with Crippen molar-refractivity contribution in [2.24, 2.45) is 0 Å². The second-order valence-electron chi connectivity index (χ2n) is 6.35. The normalized spacial score (nSPS) is 12.1. The number of carbonyl (C=O) groups is 1. The minimum atomic E-state index is -0.375. The first kappa shape index (κ1) is 20.7. The Bertz CT molecular complexity index is 1090. The number of anilines is 1. The fourth-order valence-electron chi connectivity index (χ4n) is 2.85. The van der Waals surface area contributed by atoms with E-state index in [9.17, 15) is 4.79 Å². The van der Waals surface area contributed by atoms with Gasteiger partial charge in [-0.2, -0.15) is 0 Å². The van der Waals surface area contributed by atoms with Gasteiger partial charge in [0.2, 0.25) is 5.91 Å². The van der Waals surface area contributed by atoms with Gasteiger partial charge in [-0.25, -0.2) is 4.98 Å². The molecule has 0 fully saturated rings. The summed E-state index contributed by atoms with van der Waals surface area (Å²) in [5.74, 6) is 1.09. The number of furan rings is 2. The summed E-state index contributed by atoms with van der Waals surface area (Å²) >= 11 is 13.3. The molecule has 3 aromatic heterocycles. The zero-order valence-corrected chi connectivity index (χ0v) is 18.1. The van der Waals surface area contributed by atoms with Crippen LogP contribution in [0.5, 0.6) is 0 Å². The van der Waals surface area contributed by atoms with Crippen LogP contribution in [0.15, 0.2) is 69.0 Å². The van der Waals surface area contributed by atoms with Crippen LogP contribution in [-0.2, 0) is 4.79 Å². The Morgan fingerprint density at radius 1 is 1.13 bits per heavy atom. The van der Waals surface area contributed by atoms with E-state index in [1.807, 2.05) is 19.1 Å². The summed E-state index contributed by atoms with van der Waals surface area (Å²) in [6.45, 7) is 1.94. The molecule has 3 heterocycles. The number of imidazole rings is 1. The lowest BCUT2D eigenvalue weighted by Crippen LogP contribution is -2.24. The van der Waals surface area contributed by atoms with Gasteiger partial charge in [0.25, 0.3) is 0 Å². The predicted molar refractivity (Wildman–Crippen MR) is 119 cm³/mol. The maximum atomic E-state index is 12.8. The largest absolute Gasteiger partial charge is 0.463 e. The Kier molecular flexibility index (Phi) is 6.22. The van der Waals surface area contributed by atoms with Crippen molar-refractivity contribution in [3.05, 3.63) is 65.0 Å². The number of carbonyl (C=O) groups excluding carboxylic acids is 1. The van der Waals surface area contributed by atoms with E-state index < -0.39 is 0 Å². The number of H-pyrrole nitrogens is 1. The highest BCUT2D eigenvalue weighted by molar-refractivity contribution is 8.00. The lowest BCUT2D eigenvalue weighted by Gasteiger charge is -2.13. The molecule has 0 aliphatic carbocycles. The van der Waals surface area contributed by atoms with E-state index in [1.165, 1.54) is 11.8 Å². The van der Waals surface area contributed by atoms with E-state index in [-0.39, 0.29) is 11.2 Å². The first-order valence-electron chi connectivity index (χ1n) is 9.15. The molecule has 1 aromatic carbocycles. The number of nitrogens with one attached hydrogen (secondary N) is 2. The molecule has 0 bridgehead atoms. The molecule has 0 aliphatic heterocycles. The van der Waals surface area contributed by atoms with E-state index in [2.05, 4.69) is 15.3 Å². The number of benzene rings is 1. The summed E-state index contributed by atoms with van der Waals surface area (Å²) in [6.07, 6.45) is 3.78. The SMILES string of the molecule is CCC(Sc1nc(-c2ccco2)c(-c2ccco2)[nH]1)C(=O)Nc1ccc(Cl)c(Cl)c1. The standard InChI is InChI=1S/C21H17Cl2N3O3S/c1-2-17(20(27)24-12-7-8-13(22)14(23)11-12)30-21-25-18(15-5-3-9-28-15)19(26-21)16-6-4-10-29-16/h3-11,17H,2H2,1H3,(H,24,27)(H,25,26). The van der Waals surface area contributed by atoms with E-state index in [0.29, 0.717) is 50.2 Å². The van der Waals surface area contributed by atoms with E-state index in [0.717, 1.165) is 0 Å². The van der Waals surface area contributed by atoms with Gasteiger partial charge in [-0.15, -0.1) is 0 Å². The van der Waals surface area contributed by atoms with Gasteiger partial charge in [0.05, 0.1) is 27.8 Å². The van der Waals surface area contributed by atoms with Crippen LogP contribution in [-0.4, -0.2) is 21.1 Å². The van der Waals surface area contributed by atoms with Crippen LogP contribution in [0, 0.1) is 0 Å². The lowest BCUT2D eigenvalue weighted by atomic mass is 10.2. The fourth-order valence-corrected chi connectivity index (χ4v) is 4.06. The number of hydrogen-bond acceptors (Lipinski definition) is 5. The van der Waals surface area contributed by atoms with Crippen molar-refractivity contribution in [3.63, 3.8) is 0 Å². The Hall–Kier alpha value is -2.61. The molecule has 0 saturated heterocycles. The van der Waals surface area contributed by atoms with Crippen molar-refractivity contribution in [2.45, 2.75) is 23.8 Å². The molecule has 1 unspecified atom stereocenters. The Balaban J connectivity index is 1.56. The molecule has 4 rings (SSSR count). The average molecular weight is 462 g/mol. The molecule has 1 amide bonds. The fraction of sp³-hybridized carbons (Fsp3) is 0.143. The molecule has 0 saturated carbocycles. The van der Waals surface area contributed by atoms with Gasteiger partial charge in [0, 0.05) is 5.69 Å². The molecular weight excluding hydrogens is 445 g/mol. The van der Waals surface area contributed by atoms with Crippen molar-refractivity contribution in [3.8, 4) is 22.9 Å². The average Bonchev–Trinajstić information content (AvgIpc) is 3.49. The first-order valence-corrected chi connectivity index (χ1v) is 10.8. The number of hydrogen-bond donors (Lipinski definition) is 2. The molecule has 4 aromatic rings. The van der Waals surface area contributed by atoms with Crippen LogP contribution in [0.3, 0.4) is 0 Å². The van der Waals surface area contributed by atoms with Crippen molar-refractivity contribution >= 4 is 46.6 Å². The Labute approximate surface area is 187 Å². The van der Waals surface area contributed by atoms with Crippen molar-refractivity contribution in [2.75, 3.05) is 5.32 Å². The minimum Gasteiger partial charge on any atom is -0.463 e. The molecule has 0 spiro atoms. The highest BCUT2D eigenvalue weighted by Gasteiger charge is 2.23. The molecule has 6 nitrogen and oxygen atoms in total. The second-order valence-corrected chi connectivity index (χ2v) is 8.36.